The van der Waals surface area contributed by atoms with Gasteiger partial charge in [-0.05, 0) is 37.1 Å². The summed E-state index contributed by atoms with van der Waals surface area (Å²) in [5.41, 5.74) is 3.75. The van der Waals surface area contributed by atoms with Gasteiger partial charge in [0.1, 0.15) is 0 Å². The molecule has 0 aliphatic carbocycles. The van der Waals surface area contributed by atoms with Crippen molar-refractivity contribution < 1.29 is 9.90 Å². The van der Waals surface area contributed by atoms with Crippen molar-refractivity contribution in [3.8, 4) is 0 Å². The fraction of sp³-hybridized carbons (Fsp3) is 0.381. The third-order valence-corrected chi connectivity index (χ3v) is 5.52. The van der Waals surface area contributed by atoms with Crippen molar-refractivity contribution in [3.05, 3.63) is 48.0 Å². The molecule has 0 radical (unpaired) electrons. The van der Waals surface area contributed by atoms with Gasteiger partial charge in [-0.15, -0.1) is 0 Å². The maximum atomic E-state index is 11.2. The molecule has 3 aromatic rings. The molecule has 4 nitrogen and oxygen atoms in total. The lowest BCUT2D eigenvalue weighted by Crippen LogP contribution is -2.40. The van der Waals surface area contributed by atoms with Gasteiger partial charge in [-0.1, -0.05) is 36.8 Å². The summed E-state index contributed by atoms with van der Waals surface area (Å²) in [5.74, 6) is -0.693. The zero-order valence-corrected chi connectivity index (χ0v) is 14.6. The van der Waals surface area contributed by atoms with Crippen molar-refractivity contribution in [2.24, 2.45) is 7.05 Å². The summed E-state index contributed by atoms with van der Waals surface area (Å²) in [5, 5.41) is 11.7. The second kappa shape index (κ2) is 6.52. The smallest absolute Gasteiger partial charge is 0.304 e. The molecule has 4 heteroatoms. The van der Waals surface area contributed by atoms with Gasteiger partial charge in [0.15, 0.2) is 0 Å². The highest BCUT2D eigenvalue weighted by atomic mass is 16.4. The second-order valence-electron chi connectivity index (χ2n) is 7.15. The fourth-order valence-corrected chi connectivity index (χ4v) is 4.24. The van der Waals surface area contributed by atoms with E-state index >= 15 is 0 Å². The third kappa shape index (κ3) is 3.02. The van der Waals surface area contributed by atoms with Gasteiger partial charge in [0, 0.05) is 41.4 Å². The highest BCUT2D eigenvalue weighted by Crippen LogP contribution is 2.29. The van der Waals surface area contributed by atoms with E-state index in [-0.39, 0.29) is 12.5 Å². The molecule has 1 saturated heterocycles. The van der Waals surface area contributed by atoms with Crippen LogP contribution in [-0.2, 0) is 18.4 Å². The molecular weight excluding hydrogens is 312 g/mol. The largest absolute Gasteiger partial charge is 0.481 e. The zero-order valence-electron chi connectivity index (χ0n) is 14.6. The second-order valence-corrected chi connectivity index (χ2v) is 7.15. The summed E-state index contributed by atoms with van der Waals surface area (Å²) in [6, 6.07) is 15.3. The Hall–Kier alpha value is -2.33. The molecule has 1 aliphatic rings. The van der Waals surface area contributed by atoms with Gasteiger partial charge < -0.3 is 9.67 Å². The van der Waals surface area contributed by atoms with Crippen LogP contribution in [0.1, 0.15) is 31.2 Å². The van der Waals surface area contributed by atoms with E-state index in [1.807, 2.05) is 0 Å². The number of likely N-dealkylation sites (tertiary alicyclic amines) is 1. The summed E-state index contributed by atoms with van der Waals surface area (Å²) in [7, 11) is 2.11. The van der Waals surface area contributed by atoms with Crippen molar-refractivity contribution in [3.63, 3.8) is 0 Å². The van der Waals surface area contributed by atoms with Crippen molar-refractivity contribution in [1.82, 2.24) is 9.47 Å². The third-order valence-electron chi connectivity index (χ3n) is 5.52. The first-order valence-electron chi connectivity index (χ1n) is 9.05. The number of nitrogens with zero attached hydrogens (tertiary/aromatic N) is 2. The van der Waals surface area contributed by atoms with Crippen molar-refractivity contribution in [1.29, 1.82) is 0 Å². The van der Waals surface area contributed by atoms with Crippen LogP contribution in [-0.4, -0.2) is 33.1 Å². The van der Waals surface area contributed by atoms with Crippen molar-refractivity contribution >= 4 is 27.8 Å². The highest BCUT2D eigenvalue weighted by molar-refractivity contribution is 6.08. The number of aromatic nitrogens is 1. The number of benzene rings is 2. The Morgan fingerprint density at radius 1 is 1.12 bits per heavy atom. The first kappa shape index (κ1) is 16.2. The molecule has 1 atom stereocenters. The summed E-state index contributed by atoms with van der Waals surface area (Å²) in [4.78, 5) is 13.5. The van der Waals surface area contributed by atoms with Crippen molar-refractivity contribution in [2.75, 3.05) is 6.54 Å². The normalized spacial score (nSPS) is 18.8. The van der Waals surface area contributed by atoms with E-state index in [1.165, 1.54) is 27.4 Å². The summed E-state index contributed by atoms with van der Waals surface area (Å²) < 4.78 is 2.25. The Kier molecular flexibility index (Phi) is 4.22. The fourth-order valence-electron chi connectivity index (χ4n) is 4.24. The molecule has 2 heterocycles. The molecule has 1 aromatic heterocycles. The maximum absolute atomic E-state index is 11.2. The van der Waals surface area contributed by atoms with Gasteiger partial charge in [0.25, 0.3) is 0 Å². The van der Waals surface area contributed by atoms with Gasteiger partial charge >= 0.3 is 5.97 Å². The first-order chi connectivity index (χ1) is 12.1. The molecule has 130 valence electrons. The quantitative estimate of drug-likeness (QED) is 0.778. The van der Waals surface area contributed by atoms with Gasteiger partial charge in [0.05, 0.1) is 6.42 Å². The molecular formula is C21H24N2O2. The van der Waals surface area contributed by atoms with E-state index in [0.29, 0.717) is 0 Å². The molecule has 1 N–H and O–H groups in total. The van der Waals surface area contributed by atoms with Crippen LogP contribution in [0.15, 0.2) is 42.5 Å². The van der Waals surface area contributed by atoms with Crippen LogP contribution in [0.4, 0.5) is 0 Å². The van der Waals surface area contributed by atoms with Crippen LogP contribution >= 0.6 is 0 Å². The number of carbonyl (C=O) groups is 1. The molecule has 1 aliphatic heterocycles. The van der Waals surface area contributed by atoms with Crippen molar-refractivity contribution in [2.45, 2.75) is 38.3 Å². The monoisotopic (exact) mass is 336 g/mol. The Balaban J connectivity index is 1.66. The minimum absolute atomic E-state index is 0.162. The van der Waals surface area contributed by atoms with E-state index in [9.17, 15) is 9.90 Å². The molecule has 2 aromatic carbocycles. The minimum atomic E-state index is -0.693. The lowest BCUT2D eigenvalue weighted by molar-refractivity contribution is -0.138. The van der Waals surface area contributed by atoms with E-state index in [0.717, 1.165) is 32.4 Å². The van der Waals surface area contributed by atoms with Crippen LogP contribution in [0, 0.1) is 0 Å². The maximum Gasteiger partial charge on any atom is 0.304 e. The Morgan fingerprint density at radius 3 is 2.76 bits per heavy atom. The summed E-state index contributed by atoms with van der Waals surface area (Å²) >= 11 is 0. The predicted octanol–water partition coefficient (Wildman–Crippen LogP) is 4.16. The van der Waals surface area contributed by atoms with Crippen LogP contribution in [0.3, 0.4) is 0 Å². The van der Waals surface area contributed by atoms with Gasteiger partial charge in [-0.25, -0.2) is 0 Å². The lowest BCUT2D eigenvalue weighted by Gasteiger charge is -2.35. The van der Waals surface area contributed by atoms with Crippen LogP contribution in [0.25, 0.3) is 21.8 Å². The summed E-state index contributed by atoms with van der Waals surface area (Å²) in [6.45, 7) is 1.82. The number of rotatable bonds is 4. The Labute approximate surface area is 147 Å². The van der Waals surface area contributed by atoms with E-state index < -0.39 is 5.97 Å². The molecule has 0 bridgehead atoms. The lowest BCUT2D eigenvalue weighted by atomic mass is 9.98. The van der Waals surface area contributed by atoms with Gasteiger partial charge in [0.2, 0.25) is 0 Å². The molecule has 4 rings (SSSR count). The number of hydrogen-bond acceptors (Lipinski definition) is 2. The number of carboxylic acids is 1. The Morgan fingerprint density at radius 2 is 1.92 bits per heavy atom. The van der Waals surface area contributed by atoms with Crippen LogP contribution in [0.2, 0.25) is 0 Å². The van der Waals surface area contributed by atoms with Gasteiger partial charge in [-0.2, -0.15) is 0 Å². The number of aliphatic carboxylic acids is 1. The first-order valence-corrected chi connectivity index (χ1v) is 9.05. The Bertz CT molecular complexity index is 928. The molecule has 25 heavy (non-hydrogen) atoms. The van der Waals surface area contributed by atoms with Gasteiger partial charge in [-0.3, -0.25) is 9.69 Å². The molecule has 0 saturated carbocycles. The van der Waals surface area contributed by atoms with Crippen LogP contribution < -0.4 is 0 Å². The number of para-hydroxylation sites is 1. The average molecular weight is 336 g/mol. The molecule has 0 amide bonds. The van der Waals surface area contributed by atoms with Crippen LogP contribution in [0.5, 0.6) is 0 Å². The number of hydrogen-bond donors (Lipinski definition) is 1. The number of aryl methyl sites for hydroxylation is 1. The number of carboxylic acid groups (broad SMARTS) is 1. The standard InChI is InChI=1S/C21H24N2O2/c1-22-19-8-3-2-7-17(19)18-10-9-15(12-20(18)22)14-23-11-5-4-6-16(23)13-21(24)25/h2-3,7-10,12,16H,4-6,11,13-14H2,1H3,(H,24,25)/t16-/m0/s1. The predicted molar refractivity (Wildman–Crippen MR) is 101 cm³/mol. The summed E-state index contributed by atoms with van der Waals surface area (Å²) in [6.07, 6.45) is 3.53. The SMILES string of the molecule is Cn1c2ccccc2c2ccc(CN3CCCC[C@H]3CC(=O)O)cc21. The highest BCUT2D eigenvalue weighted by Gasteiger charge is 2.24. The minimum Gasteiger partial charge on any atom is -0.481 e. The number of fused-ring (bicyclic) bond motifs is 3. The molecule has 1 fully saturated rings. The average Bonchev–Trinajstić information content (AvgIpc) is 2.89. The number of piperidine rings is 1. The van der Waals surface area contributed by atoms with E-state index in [4.69, 9.17) is 0 Å². The van der Waals surface area contributed by atoms with E-state index in [1.54, 1.807) is 0 Å². The zero-order chi connectivity index (χ0) is 17.4. The van der Waals surface area contributed by atoms with E-state index in [2.05, 4.69) is 59.0 Å². The topological polar surface area (TPSA) is 45.5 Å². The molecule has 0 spiro atoms. The molecule has 0 unspecified atom stereocenters.